The first-order valence-corrected chi connectivity index (χ1v) is 9.15. The molecule has 150 valence electrons. The molecule has 4 rings (SSSR count). The summed E-state index contributed by atoms with van der Waals surface area (Å²) in [5, 5.41) is 5.18. The molecule has 0 saturated carbocycles. The highest BCUT2D eigenvalue weighted by Crippen LogP contribution is 2.30. The van der Waals surface area contributed by atoms with E-state index in [-0.39, 0.29) is 17.3 Å². The Bertz CT molecular complexity index is 1190. The van der Waals surface area contributed by atoms with Gasteiger partial charge in [0, 0.05) is 23.5 Å². The van der Waals surface area contributed by atoms with Crippen molar-refractivity contribution in [3.63, 3.8) is 0 Å². The summed E-state index contributed by atoms with van der Waals surface area (Å²) >= 11 is 0. The van der Waals surface area contributed by atoms with Crippen molar-refractivity contribution in [3.8, 4) is 11.4 Å². The number of hydrogen-bond acceptors (Lipinski definition) is 7. The van der Waals surface area contributed by atoms with Crippen LogP contribution in [-0.4, -0.2) is 15.1 Å². The quantitative estimate of drug-likeness (QED) is 0.387. The molecule has 0 atom stereocenters. The lowest BCUT2D eigenvalue weighted by Crippen LogP contribution is -2.32. The van der Waals surface area contributed by atoms with Gasteiger partial charge in [0.2, 0.25) is 5.82 Å². The molecule has 0 radical (unpaired) electrons. The number of benzene rings is 2. The molecule has 0 bridgehead atoms. The van der Waals surface area contributed by atoms with Crippen LogP contribution in [0.3, 0.4) is 0 Å². The first-order valence-electron chi connectivity index (χ1n) is 9.15. The van der Waals surface area contributed by atoms with Crippen molar-refractivity contribution in [2.75, 3.05) is 5.01 Å². The van der Waals surface area contributed by atoms with E-state index in [1.807, 2.05) is 31.2 Å². The molecule has 0 fully saturated rings. The van der Waals surface area contributed by atoms with Crippen LogP contribution in [0.4, 0.5) is 10.1 Å². The second kappa shape index (κ2) is 8.14. The summed E-state index contributed by atoms with van der Waals surface area (Å²) in [4.78, 5) is 8.41. The molecule has 2 aromatic heterocycles. The molecule has 30 heavy (non-hydrogen) atoms. The van der Waals surface area contributed by atoms with Crippen LogP contribution >= 0.6 is 0 Å². The van der Waals surface area contributed by atoms with Gasteiger partial charge in [-0.1, -0.05) is 47.1 Å². The van der Waals surface area contributed by atoms with Gasteiger partial charge in [-0.15, -0.1) is 0 Å². The van der Waals surface area contributed by atoms with Crippen LogP contribution < -0.4 is 16.6 Å². The Morgan fingerprint density at radius 3 is 2.40 bits per heavy atom. The highest BCUT2D eigenvalue weighted by molar-refractivity contribution is 5.93. The maximum Gasteiger partial charge on any atom is 0.276 e. The predicted molar refractivity (Wildman–Crippen MR) is 113 cm³/mol. The summed E-state index contributed by atoms with van der Waals surface area (Å²) in [6.07, 6.45) is 3.17. The van der Waals surface area contributed by atoms with Crippen LogP contribution in [0.1, 0.15) is 17.0 Å². The van der Waals surface area contributed by atoms with E-state index in [4.69, 9.17) is 16.1 Å². The Kier molecular flexibility index (Phi) is 5.23. The van der Waals surface area contributed by atoms with Gasteiger partial charge in [-0.25, -0.2) is 10.2 Å². The molecule has 0 aliphatic rings. The number of nitrogens with zero attached hydrogens (tertiary/aromatic N) is 4. The van der Waals surface area contributed by atoms with E-state index in [0.717, 1.165) is 16.1 Å². The monoisotopic (exact) mass is 402 g/mol. The van der Waals surface area contributed by atoms with Crippen molar-refractivity contribution in [1.82, 2.24) is 15.1 Å². The maximum absolute atomic E-state index is 14.4. The van der Waals surface area contributed by atoms with E-state index in [1.165, 1.54) is 6.07 Å². The molecule has 0 amide bonds. The van der Waals surface area contributed by atoms with E-state index in [9.17, 15) is 4.39 Å². The minimum absolute atomic E-state index is 0.0733. The average molecular weight is 402 g/mol. The van der Waals surface area contributed by atoms with Crippen LogP contribution in [0.15, 0.2) is 77.6 Å². The summed E-state index contributed by atoms with van der Waals surface area (Å²) in [5.74, 6) is 6.25. The molecule has 0 unspecified atom stereocenters. The number of nitrogens with two attached hydrogens (primary N) is 2. The number of pyridine rings is 1. The molecular formula is C22H19FN6O. The van der Waals surface area contributed by atoms with Crippen molar-refractivity contribution in [2.24, 2.45) is 11.6 Å². The second-order valence-electron chi connectivity index (χ2n) is 6.61. The SMILES string of the molecule is Cc1ccc(-c2noc(/C(N)=C(\c3ccncc3)N(N)c3ccccc3F)n2)cc1. The van der Waals surface area contributed by atoms with Gasteiger partial charge in [-0.3, -0.25) is 9.99 Å². The molecule has 2 heterocycles. The Hall–Kier alpha value is -4.04. The Morgan fingerprint density at radius 2 is 1.70 bits per heavy atom. The molecule has 2 aromatic carbocycles. The van der Waals surface area contributed by atoms with Gasteiger partial charge < -0.3 is 10.3 Å². The summed E-state index contributed by atoms with van der Waals surface area (Å²) in [6.45, 7) is 1.99. The van der Waals surface area contributed by atoms with Gasteiger partial charge in [-0.2, -0.15) is 4.98 Å². The number of rotatable bonds is 5. The van der Waals surface area contributed by atoms with Gasteiger partial charge in [0.05, 0.1) is 11.4 Å². The molecule has 4 aromatic rings. The lowest BCUT2D eigenvalue weighted by atomic mass is 10.1. The van der Waals surface area contributed by atoms with Gasteiger partial charge in [0.15, 0.2) is 0 Å². The highest BCUT2D eigenvalue weighted by atomic mass is 19.1. The van der Waals surface area contributed by atoms with Crippen LogP contribution in [0.25, 0.3) is 22.8 Å². The Morgan fingerprint density at radius 1 is 1.00 bits per heavy atom. The summed E-state index contributed by atoms with van der Waals surface area (Å²) in [7, 11) is 0. The fourth-order valence-corrected chi connectivity index (χ4v) is 2.96. The molecule has 0 aliphatic heterocycles. The molecule has 0 saturated heterocycles. The predicted octanol–water partition coefficient (Wildman–Crippen LogP) is 3.74. The third kappa shape index (κ3) is 3.76. The Labute approximate surface area is 172 Å². The fraction of sp³-hybridized carbons (Fsp3) is 0.0455. The van der Waals surface area contributed by atoms with Gasteiger partial charge >= 0.3 is 0 Å². The van der Waals surface area contributed by atoms with E-state index in [2.05, 4.69) is 15.1 Å². The minimum Gasteiger partial charge on any atom is -0.392 e. The second-order valence-corrected chi connectivity index (χ2v) is 6.61. The highest BCUT2D eigenvalue weighted by Gasteiger charge is 2.22. The number of aryl methyl sites for hydroxylation is 1. The third-order valence-electron chi connectivity index (χ3n) is 4.53. The van der Waals surface area contributed by atoms with Crippen LogP contribution in [0.2, 0.25) is 0 Å². The van der Waals surface area contributed by atoms with Gasteiger partial charge in [-0.05, 0) is 31.2 Å². The number of aromatic nitrogens is 3. The molecule has 0 spiro atoms. The largest absolute Gasteiger partial charge is 0.392 e. The molecule has 7 nitrogen and oxygen atoms in total. The van der Waals surface area contributed by atoms with Gasteiger partial charge in [0.1, 0.15) is 11.5 Å². The van der Waals surface area contributed by atoms with Crippen molar-refractivity contribution in [2.45, 2.75) is 6.92 Å². The van der Waals surface area contributed by atoms with E-state index in [0.29, 0.717) is 17.1 Å². The average Bonchev–Trinajstić information content (AvgIpc) is 3.26. The van der Waals surface area contributed by atoms with Gasteiger partial charge in [0.25, 0.3) is 5.89 Å². The van der Waals surface area contributed by atoms with E-state index in [1.54, 1.807) is 42.7 Å². The van der Waals surface area contributed by atoms with Crippen molar-refractivity contribution in [1.29, 1.82) is 0 Å². The zero-order chi connectivity index (χ0) is 21.1. The summed E-state index contributed by atoms with van der Waals surface area (Å²) in [6, 6.07) is 17.2. The Balaban J connectivity index is 1.82. The van der Waals surface area contributed by atoms with Crippen molar-refractivity contribution >= 4 is 17.1 Å². The van der Waals surface area contributed by atoms with E-state index >= 15 is 0 Å². The normalized spacial score (nSPS) is 11.8. The van der Waals surface area contributed by atoms with Crippen LogP contribution in [0.5, 0.6) is 0 Å². The van der Waals surface area contributed by atoms with Crippen LogP contribution in [0, 0.1) is 12.7 Å². The van der Waals surface area contributed by atoms with Crippen LogP contribution in [-0.2, 0) is 0 Å². The topological polar surface area (TPSA) is 107 Å². The minimum atomic E-state index is -0.495. The lowest BCUT2D eigenvalue weighted by molar-refractivity contribution is 0.408. The summed E-state index contributed by atoms with van der Waals surface area (Å²) in [5.41, 5.74) is 9.47. The number of halogens is 1. The number of para-hydroxylation sites is 1. The number of anilines is 1. The fourth-order valence-electron chi connectivity index (χ4n) is 2.96. The molecule has 4 N–H and O–H groups in total. The zero-order valence-electron chi connectivity index (χ0n) is 16.2. The van der Waals surface area contributed by atoms with Crippen molar-refractivity contribution < 1.29 is 8.91 Å². The first kappa shape index (κ1) is 19.3. The number of hydrazine groups is 1. The zero-order valence-corrected chi connectivity index (χ0v) is 16.2. The lowest BCUT2D eigenvalue weighted by Gasteiger charge is -2.23. The standard InChI is InChI=1S/C22H19FN6O/c1-14-6-8-16(9-7-14)21-27-22(30-28-21)19(24)20(15-10-12-26-13-11-15)29(25)18-5-3-2-4-17(18)23/h2-13H,24-25H2,1H3/b20-19-. The third-order valence-corrected chi connectivity index (χ3v) is 4.53. The molecule has 8 heteroatoms. The summed E-state index contributed by atoms with van der Waals surface area (Å²) < 4.78 is 19.8. The smallest absolute Gasteiger partial charge is 0.276 e. The molecular weight excluding hydrogens is 383 g/mol. The van der Waals surface area contributed by atoms with Crippen molar-refractivity contribution in [3.05, 3.63) is 95.9 Å². The first-order chi connectivity index (χ1) is 14.5. The maximum atomic E-state index is 14.4. The van der Waals surface area contributed by atoms with E-state index < -0.39 is 5.82 Å². The number of hydrogen-bond donors (Lipinski definition) is 2. The molecule has 0 aliphatic carbocycles.